The highest BCUT2D eigenvalue weighted by Gasteiger charge is 2.19. The predicted octanol–water partition coefficient (Wildman–Crippen LogP) is -0.0680. The van der Waals surface area contributed by atoms with Crippen LogP contribution in [0.15, 0.2) is 0 Å². The Balaban J connectivity index is 2.17. The molecule has 5 heteroatoms. The molecule has 0 spiro atoms. The Bertz CT molecular complexity index is 201. The van der Waals surface area contributed by atoms with E-state index in [0.717, 1.165) is 32.7 Å². The van der Waals surface area contributed by atoms with Crippen molar-refractivity contribution < 1.29 is 9.53 Å². The lowest BCUT2D eigenvalue weighted by Gasteiger charge is -2.31. The Labute approximate surface area is 91.6 Å². The molecule has 0 aromatic rings. The van der Waals surface area contributed by atoms with Gasteiger partial charge < -0.3 is 19.4 Å². The summed E-state index contributed by atoms with van der Waals surface area (Å²) in [6.45, 7) is 4.66. The normalized spacial score (nSPS) is 18.3. The van der Waals surface area contributed by atoms with Crippen LogP contribution in [0.25, 0.3) is 0 Å². The lowest BCUT2D eigenvalue weighted by molar-refractivity contribution is 0.0774. The molecular weight excluding hydrogens is 194 g/mol. The van der Waals surface area contributed by atoms with Crippen LogP contribution in [0.5, 0.6) is 0 Å². The molecule has 15 heavy (non-hydrogen) atoms. The van der Waals surface area contributed by atoms with Crippen molar-refractivity contribution in [1.82, 2.24) is 14.7 Å². The standard InChI is InChI=1S/C10H21N3O2/c1-11(2)8-9-15-10(14)13-6-4-12(3)5-7-13/h4-9H2,1-3H3. The van der Waals surface area contributed by atoms with Crippen molar-refractivity contribution in [2.24, 2.45) is 0 Å². The molecule has 5 nitrogen and oxygen atoms in total. The van der Waals surface area contributed by atoms with Crippen LogP contribution in [-0.2, 0) is 4.74 Å². The van der Waals surface area contributed by atoms with Gasteiger partial charge in [0.25, 0.3) is 0 Å². The molecule has 0 N–H and O–H groups in total. The van der Waals surface area contributed by atoms with Gasteiger partial charge in [0.2, 0.25) is 0 Å². The zero-order chi connectivity index (χ0) is 11.3. The quantitative estimate of drug-likeness (QED) is 0.660. The predicted molar refractivity (Wildman–Crippen MR) is 59.0 cm³/mol. The first-order valence-electron chi connectivity index (χ1n) is 5.34. The smallest absolute Gasteiger partial charge is 0.409 e. The lowest BCUT2D eigenvalue weighted by Crippen LogP contribution is -2.47. The third kappa shape index (κ3) is 4.48. The van der Waals surface area contributed by atoms with Gasteiger partial charge in [0.05, 0.1) is 0 Å². The molecule has 0 aromatic carbocycles. The number of amides is 1. The average Bonchev–Trinajstić information content (AvgIpc) is 2.18. The molecule has 0 saturated carbocycles. The summed E-state index contributed by atoms with van der Waals surface area (Å²) in [4.78, 5) is 17.5. The second kappa shape index (κ2) is 5.92. The summed E-state index contributed by atoms with van der Waals surface area (Å²) in [5.41, 5.74) is 0. The van der Waals surface area contributed by atoms with Gasteiger partial charge >= 0.3 is 6.09 Å². The zero-order valence-electron chi connectivity index (χ0n) is 9.90. The molecule has 0 aromatic heterocycles. The Morgan fingerprint density at radius 3 is 2.40 bits per heavy atom. The van der Waals surface area contributed by atoms with Crippen LogP contribution in [0.3, 0.4) is 0 Å². The lowest BCUT2D eigenvalue weighted by atomic mass is 10.3. The second-order valence-electron chi connectivity index (χ2n) is 4.21. The molecule has 1 amide bonds. The number of carbonyl (C=O) groups excluding carboxylic acids is 1. The van der Waals surface area contributed by atoms with Gasteiger partial charge in [-0.15, -0.1) is 0 Å². The first kappa shape index (κ1) is 12.3. The first-order valence-corrected chi connectivity index (χ1v) is 5.34. The highest BCUT2D eigenvalue weighted by molar-refractivity contribution is 5.67. The monoisotopic (exact) mass is 215 g/mol. The minimum absolute atomic E-state index is 0.176. The third-order valence-electron chi connectivity index (χ3n) is 2.53. The molecule has 0 aliphatic carbocycles. The second-order valence-corrected chi connectivity index (χ2v) is 4.21. The number of likely N-dealkylation sites (N-methyl/N-ethyl adjacent to an activating group) is 2. The van der Waals surface area contributed by atoms with Gasteiger partial charge in [0.15, 0.2) is 0 Å². The van der Waals surface area contributed by atoms with Crippen molar-refractivity contribution in [3.05, 3.63) is 0 Å². The van der Waals surface area contributed by atoms with Crippen molar-refractivity contribution in [2.75, 3.05) is 60.5 Å². The highest BCUT2D eigenvalue weighted by atomic mass is 16.6. The summed E-state index contributed by atoms with van der Waals surface area (Å²) in [7, 11) is 5.99. The molecule has 1 aliphatic heterocycles. The van der Waals surface area contributed by atoms with Gasteiger partial charge in [0.1, 0.15) is 6.61 Å². The van der Waals surface area contributed by atoms with E-state index < -0.39 is 0 Å². The fourth-order valence-electron chi connectivity index (χ4n) is 1.40. The maximum Gasteiger partial charge on any atom is 0.409 e. The molecule has 1 heterocycles. The van der Waals surface area contributed by atoms with Crippen LogP contribution in [0.4, 0.5) is 4.79 Å². The number of piperazine rings is 1. The number of rotatable bonds is 3. The van der Waals surface area contributed by atoms with Crippen molar-refractivity contribution in [3.8, 4) is 0 Å². The fourth-order valence-corrected chi connectivity index (χ4v) is 1.40. The minimum atomic E-state index is -0.176. The molecular formula is C10H21N3O2. The zero-order valence-corrected chi connectivity index (χ0v) is 9.90. The summed E-state index contributed by atoms with van der Waals surface area (Å²) in [5.74, 6) is 0. The van der Waals surface area contributed by atoms with Crippen molar-refractivity contribution in [2.45, 2.75) is 0 Å². The largest absolute Gasteiger partial charge is 0.448 e. The molecule has 0 radical (unpaired) electrons. The Kier molecular flexibility index (Phi) is 4.84. The summed E-state index contributed by atoms with van der Waals surface area (Å²) in [5, 5.41) is 0. The SMILES string of the molecule is CN(C)CCOC(=O)N1CCN(C)CC1. The topological polar surface area (TPSA) is 36.0 Å². The van der Waals surface area contributed by atoms with Gasteiger partial charge in [-0.25, -0.2) is 4.79 Å². The van der Waals surface area contributed by atoms with Gasteiger partial charge in [-0.1, -0.05) is 0 Å². The van der Waals surface area contributed by atoms with Gasteiger partial charge in [0, 0.05) is 32.7 Å². The maximum absolute atomic E-state index is 11.6. The number of nitrogens with zero attached hydrogens (tertiary/aromatic N) is 3. The molecule has 1 rings (SSSR count). The first-order chi connectivity index (χ1) is 7.09. The van der Waals surface area contributed by atoms with Gasteiger partial charge in [-0.3, -0.25) is 0 Å². The van der Waals surface area contributed by atoms with E-state index in [1.807, 2.05) is 19.0 Å². The fraction of sp³-hybridized carbons (Fsp3) is 0.900. The van der Waals surface area contributed by atoms with E-state index in [9.17, 15) is 4.79 Å². The minimum Gasteiger partial charge on any atom is -0.448 e. The number of hydrogen-bond acceptors (Lipinski definition) is 4. The maximum atomic E-state index is 11.6. The van der Waals surface area contributed by atoms with E-state index >= 15 is 0 Å². The van der Waals surface area contributed by atoms with Gasteiger partial charge in [-0.05, 0) is 21.1 Å². The number of ether oxygens (including phenoxy) is 1. The third-order valence-corrected chi connectivity index (χ3v) is 2.53. The van der Waals surface area contributed by atoms with Crippen LogP contribution in [0.1, 0.15) is 0 Å². The average molecular weight is 215 g/mol. The highest BCUT2D eigenvalue weighted by Crippen LogP contribution is 2.01. The summed E-state index contributed by atoms with van der Waals surface area (Å²) >= 11 is 0. The van der Waals surface area contributed by atoms with Crippen LogP contribution >= 0.6 is 0 Å². The number of hydrogen-bond donors (Lipinski definition) is 0. The van der Waals surface area contributed by atoms with Crippen LogP contribution in [0.2, 0.25) is 0 Å². The summed E-state index contributed by atoms with van der Waals surface area (Å²) < 4.78 is 5.15. The van der Waals surface area contributed by atoms with Gasteiger partial charge in [-0.2, -0.15) is 0 Å². The molecule has 0 atom stereocenters. The number of carbonyl (C=O) groups is 1. The van der Waals surface area contributed by atoms with E-state index in [1.54, 1.807) is 4.90 Å². The van der Waals surface area contributed by atoms with E-state index in [1.165, 1.54) is 0 Å². The van der Waals surface area contributed by atoms with E-state index in [4.69, 9.17) is 4.74 Å². The Morgan fingerprint density at radius 1 is 1.27 bits per heavy atom. The van der Waals surface area contributed by atoms with Crippen LogP contribution in [0, 0.1) is 0 Å². The van der Waals surface area contributed by atoms with E-state index in [2.05, 4.69) is 11.9 Å². The summed E-state index contributed by atoms with van der Waals surface area (Å²) in [6, 6.07) is 0. The molecule has 0 bridgehead atoms. The molecule has 1 fully saturated rings. The Morgan fingerprint density at radius 2 is 1.87 bits per heavy atom. The summed E-state index contributed by atoms with van der Waals surface area (Å²) in [6.07, 6.45) is -0.176. The van der Waals surface area contributed by atoms with E-state index in [0.29, 0.717) is 6.61 Å². The molecule has 0 unspecified atom stereocenters. The van der Waals surface area contributed by atoms with Crippen LogP contribution < -0.4 is 0 Å². The van der Waals surface area contributed by atoms with E-state index in [-0.39, 0.29) is 6.09 Å². The van der Waals surface area contributed by atoms with Crippen molar-refractivity contribution in [3.63, 3.8) is 0 Å². The molecule has 88 valence electrons. The Hall–Kier alpha value is -0.810. The van der Waals surface area contributed by atoms with Crippen molar-refractivity contribution >= 4 is 6.09 Å². The van der Waals surface area contributed by atoms with Crippen LogP contribution in [-0.4, -0.2) is 81.3 Å². The molecule has 1 aliphatic rings. The molecule has 1 saturated heterocycles. The van der Waals surface area contributed by atoms with Crippen molar-refractivity contribution in [1.29, 1.82) is 0 Å².